The molecule has 2 heterocycles. The molecule has 2 aromatic rings. The lowest BCUT2D eigenvalue weighted by Gasteiger charge is -2.02. The topological polar surface area (TPSA) is 107 Å². The second-order valence-electron chi connectivity index (χ2n) is 4.20. The van der Waals surface area contributed by atoms with Crippen LogP contribution in [0, 0.1) is 0 Å². The van der Waals surface area contributed by atoms with Crippen molar-refractivity contribution < 1.29 is 9.53 Å². The van der Waals surface area contributed by atoms with Gasteiger partial charge in [-0.1, -0.05) is 5.21 Å². The predicted molar refractivity (Wildman–Crippen MR) is 74.3 cm³/mol. The smallest absolute Gasteiger partial charge is 0.248 e. The van der Waals surface area contributed by atoms with Gasteiger partial charge in [0.05, 0.1) is 18.5 Å². The minimum atomic E-state index is -0.259. The Hall–Kier alpha value is -2.39. The van der Waals surface area contributed by atoms with Crippen molar-refractivity contribution in [3.63, 3.8) is 0 Å². The van der Waals surface area contributed by atoms with Crippen LogP contribution in [0.2, 0.25) is 0 Å². The summed E-state index contributed by atoms with van der Waals surface area (Å²) < 4.78 is 6.39. The summed E-state index contributed by atoms with van der Waals surface area (Å²) in [4.78, 5) is 19.6. The van der Waals surface area contributed by atoms with Crippen molar-refractivity contribution in [1.82, 2.24) is 30.3 Å². The van der Waals surface area contributed by atoms with Gasteiger partial charge >= 0.3 is 0 Å². The van der Waals surface area contributed by atoms with Gasteiger partial charge in [0.25, 0.3) is 0 Å². The van der Waals surface area contributed by atoms with E-state index in [2.05, 4.69) is 30.9 Å². The molecule has 0 aliphatic rings. The number of amides is 1. The maximum absolute atomic E-state index is 11.8. The van der Waals surface area contributed by atoms with E-state index in [1.54, 1.807) is 31.8 Å². The molecule has 21 heavy (non-hydrogen) atoms. The fourth-order valence-electron chi connectivity index (χ4n) is 1.56. The van der Waals surface area contributed by atoms with Gasteiger partial charge in [0.2, 0.25) is 11.9 Å². The molecule has 112 valence electrons. The van der Waals surface area contributed by atoms with Gasteiger partial charge in [0, 0.05) is 32.6 Å². The molecule has 0 saturated heterocycles. The Kier molecular flexibility index (Phi) is 5.73. The number of anilines is 1. The summed E-state index contributed by atoms with van der Waals surface area (Å²) >= 11 is 0. The van der Waals surface area contributed by atoms with Crippen molar-refractivity contribution in [1.29, 1.82) is 0 Å². The third kappa shape index (κ3) is 5.24. The fourth-order valence-corrected chi connectivity index (χ4v) is 1.56. The summed E-state index contributed by atoms with van der Waals surface area (Å²) in [6, 6.07) is 1.68. The highest BCUT2D eigenvalue weighted by Gasteiger charge is 2.07. The lowest BCUT2D eigenvalue weighted by atomic mass is 10.4. The van der Waals surface area contributed by atoms with Crippen molar-refractivity contribution in [2.45, 2.75) is 13.1 Å². The van der Waals surface area contributed by atoms with Gasteiger partial charge in [-0.15, -0.1) is 5.10 Å². The second-order valence-corrected chi connectivity index (χ2v) is 4.20. The molecule has 0 unspecified atom stereocenters. The maximum atomic E-state index is 11.8. The van der Waals surface area contributed by atoms with Gasteiger partial charge in [0.1, 0.15) is 6.54 Å². The molecule has 0 aliphatic heterocycles. The fraction of sp³-hybridized carbons (Fsp3) is 0.417. The van der Waals surface area contributed by atoms with Gasteiger partial charge < -0.3 is 10.1 Å². The van der Waals surface area contributed by atoms with Crippen molar-refractivity contribution in [2.24, 2.45) is 0 Å². The van der Waals surface area contributed by atoms with Gasteiger partial charge in [-0.2, -0.15) is 0 Å². The van der Waals surface area contributed by atoms with Crippen molar-refractivity contribution in [2.75, 3.05) is 25.6 Å². The normalized spacial score (nSPS) is 10.5. The van der Waals surface area contributed by atoms with Gasteiger partial charge in [-0.05, 0) is 6.07 Å². The maximum Gasteiger partial charge on any atom is 0.248 e. The first-order chi connectivity index (χ1) is 10.3. The van der Waals surface area contributed by atoms with Crippen LogP contribution in [0.1, 0.15) is 5.69 Å². The van der Waals surface area contributed by atoms with Crippen LogP contribution in [0.4, 0.5) is 5.95 Å². The number of carbonyl (C=O) groups is 1. The Morgan fingerprint density at radius 3 is 2.95 bits per heavy atom. The van der Waals surface area contributed by atoms with Gasteiger partial charge in [-0.25, -0.2) is 14.6 Å². The second kappa shape index (κ2) is 8.02. The Balaban J connectivity index is 1.78. The number of nitrogens with zero attached hydrogens (tertiary/aromatic N) is 5. The molecule has 0 atom stereocenters. The summed E-state index contributed by atoms with van der Waals surface area (Å²) in [7, 11) is 1.65. The molecule has 0 aromatic carbocycles. The molecule has 0 bridgehead atoms. The number of hydrogen-bond acceptors (Lipinski definition) is 7. The van der Waals surface area contributed by atoms with Crippen molar-refractivity contribution in [3.05, 3.63) is 30.4 Å². The Morgan fingerprint density at radius 2 is 2.19 bits per heavy atom. The Labute approximate surface area is 121 Å². The number of hydrogen-bond donors (Lipinski definition) is 2. The molecule has 1 amide bonds. The molecule has 0 spiro atoms. The summed E-state index contributed by atoms with van der Waals surface area (Å²) in [5.74, 6) is 0.00839. The standard InChI is InChI=1S/C12H17N7O2/c1-21-6-5-13-7-10-8-19(18-17-10)9-11(20)16-12-14-3-2-4-15-12/h2-4,8,13H,5-7,9H2,1H3,(H,14,15,16,20). The van der Waals surface area contributed by atoms with Crippen LogP contribution in [0.15, 0.2) is 24.7 Å². The van der Waals surface area contributed by atoms with Crippen LogP contribution >= 0.6 is 0 Å². The van der Waals surface area contributed by atoms with Crippen LogP contribution < -0.4 is 10.6 Å². The van der Waals surface area contributed by atoms with Crippen LogP contribution in [0.25, 0.3) is 0 Å². The summed E-state index contributed by atoms with van der Waals surface area (Å²) in [6.45, 7) is 2.00. The average molecular weight is 291 g/mol. The minimum Gasteiger partial charge on any atom is -0.383 e. The lowest BCUT2D eigenvalue weighted by molar-refractivity contribution is -0.117. The molecule has 2 rings (SSSR count). The summed E-state index contributed by atoms with van der Waals surface area (Å²) in [5.41, 5.74) is 0.759. The average Bonchev–Trinajstić information content (AvgIpc) is 2.92. The number of aromatic nitrogens is 5. The van der Waals surface area contributed by atoms with E-state index in [1.165, 1.54) is 4.68 Å². The Morgan fingerprint density at radius 1 is 1.38 bits per heavy atom. The predicted octanol–water partition coefficient (Wildman–Crippen LogP) is -0.557. The zero-order valence-corrected chi connectivity index (χ0v) is 11.7. The molecular weight excluding hydrogens is 274 g/mol. The number of methoxy groups -OCH3 is 1. The van der Waals surface area contributed by atoms with E-state index in [4.69, 9.17) is 4.74 Å². The number of nitrogens with one attached hydrogen (secondary N) is 2. The molecule has 2 N–H and O–H groups in total. The molecule has 0 saturated carbocycles. The van der Waals surface area contributed by atoms with E-state index >= 15 is 0 Å². The number of rotatable bonds is 8. The van der Waals surface area contributed by atoms with Gasteiger partial charge in [-0.3, -0.25) is 10.1 Å². The monoisotopic (exact) mass is 291 g/mol. The highest BCUT2D eigenvalue weighted by molar-refractivity contribution is 5.88. The van der Waals surface area contributed by atoms with Crippen LogP contribution in [-0.4, -0.2) is 51.1 Å². The van der Waals surface area contributed by atoms with Crippen LogP contribution in [0.3, 0.4) is 0 Å². The molecular formula is C12H17N7O2. The molecule has 0 radical (unpaired) electrons. The van der Waals surface area contributed by atoms with E-state index in [1.807, 2.05) is 0 Å². The van der Waals surface area contributed by atoms with E-state index in [0.29, 0.717) is 13.2 Å². The largest absolute Gasteiger partial charge is 0.383 e. The summed E-state index contributed by atoms with van der Waals surface area (Å²) in [5, 5.41) is 13.6. The third-order valence-electron chi connectivity index (χ3n) is 2.50. The SMILES string of the molecule is COCCNCc1cn(CC(=O)Nc2ncccn2)nn1. The lowest BCUT2D eigenvalue weighted by Crippen LogP contribution is -2.20. The zero-order chi connectivity index (χ0) is 14.9. The first kappa shape index (κ1) is 15.0. The molecule has 9 nitrogen and oxygen atoms in total. The quantitative estimate of drug-likeness (QED) is 0.628. The van der Waals surface area contributed by atoms with Crippen molar-refractivity contribution in [3.8, 4) is 0 Å². The Bertz CT molecular complexity index is 558. The van der Waals surface area contributed by atoms with Crippen LogP contribution in [0.5, 0.6) is 0 Å². The third-order valence-corrected chi connectivity index (χ3v) is 2.50. The van der Waals surface area contributed by atoms with Crippen molar-refractivity contribution >= 4 is 11.9 Å². The van der Waals surface area contributed by atoms with Gasteiger partial charge in [0.15, 0.2) is 0 Å². The molecule has 2 aromatic heterocycles. The number of carbonyl (C=O) groups excluding carboxylic acids is 1. The summed E-state index contributed by atoms with van der Waals surface area (Å²) in [6.07, 6.45) is 4.83. The highest BCUT2D eigenvalue weighted by atomic mass is 16.5. The van der Waals surface area contributed by atoms with E-state index < -0.39 is 0 Å². The molecule has 9 heteroatoms. The first-order valence-corrected chi connectivity index (χ1v) is 6.43. The number of ether oxygens (including phenoxy) is 1. The zero-order valence-electron chi connectivity index (χ0n) is 11.7. The van der Waals surface area contributed by atoms with Crippen LogP contribution in [-0.2, 0) is 22.6 Å². The van der Waals surface area contributed by atoms with E-state index in [-0.39, 0.29) is 18.4 Å². The van der Waals surface area contributed by atoms with E-state index in [0.717, 1.165) is 12.2 Å². The first-order valence-electron chi connectivity index (χ1n) is 6.43. The highest BCUT2D eigenvalue weighted by Crippen LogP contribution is 1.96. The van der Waals surface area contributed by atoms with E-state index in [9.17, 15) is 4.79 Å². The molecule has 0 fully saturated rings. The minimum absolute atomic E-state index is 0.0589. The molecule has 0 aliphatic carbocycles.